The quantitative estimate of drug-likeness (QED) is 0.520. The maximum absolute atomic E-state index is 13.5. The first-order valence-electron chi connectivity index (χ1n) is 10.8. The molecule has 1 unspecified atom stereocenters. The molecule has 0 bridgehead atoms. The number of benzene rings is 2. The summed E-state index contributed by atoms with van der Waals surface area (Å²) in [5.74, 6) is -1.77. The number of rotatable bonds is 6. The highest BCUT2D eigenvalue weighted by Gasteiger charge is 2.64. The van der Waals surface area contributed by atoms with Gasteiger partial charge in [-0.05, 0) is 49.4 Å². The molecular weight excluding hydrogens is 442 g/mol. The van der Waals surface area contributed by atoms with E-state index in [1.807, 2.05) is 24.5 Å². The van der Waals surface area contributed by atoms with E-state index in [1.54, 1.807) is 42.1 Å². The number of anilines is 2. The van der Waals surface area contributed by atoms with Crippen molar-refractivity contribution in [2.24, 2.45) is 0 Å². The van der Waals surface area contributed by atoms with Crippen molar-refractivity contribution in [1.29, 1.82) is 0 Å². The van der Waals surface area contributed by atoms with Gasteiger partial charge in [-0.3, -0.25) is 19.3 Å². The maximum atomic E-state index is 13.5. The largest absolute Gasteiger partial charge is 0.452 e. The molecule has 9 heteroatoms. The van der Waals surface area contributed by atoms with Gasteiger partial charge in [-0.1, -0.05) is 18.2 Å². The molecule has 3 amide bonds. The van der Waals surface area contributed by atoms with Crippen molar-refractivity contribution < 1.29 is 23.9 Å². The van der Waals surface area contributed by atoms with Crippen LogP contribution in [0.2, 0.25) is 0 Å². The first kappa shape index (κ1) is 21.5. The van der Waals surface area contributed by atoms with E-state index >= 15 is 0 Å². The number of hydrogen-bond donors (Lipinski definition) is 1. The van der Waals surface area contributed by atoms with Crippen LogP contribution in [-0.4, -0.2) is 53.2 Å². The maximum Gasteiger partial charge on any atom is 0.354 e. The van der Waals surface area contributed by atoms with Crippen molar-refractivity contribution in [3.05, 3.63) is 54.1 Å². The van der Waals surface area contributed by atoms with E-state index in [1.165, 1.54) is 9.80 Å². The molecule has 3 aliphatic rings. The Labute approximate surface area is 195 Å². The highest BCUT2D eigenvalue weighted by atomic mass is 32.2. The lowest BCUT2D eigenvalue weighted by atomic mass is 9.96. The summed E-state index contributed by atoms with van der Waals surface area (Å²) in [6.45, 7) is -0.513. The van der Waals surface area contributed by atoms with Gasteiger partial charge in [0.2, 0.25) is 11.6 Å². The number of thioether (sulfide) groups is 1. The van der Waals surface area contributed by atoms with Crippen LogP contribution in [0.25, 0.3) is 0 Å². The first-order chi connectivity index (χ1) is 16.0. The third-order valence-corrected chi connectivity index (χ3v) is 6.95. The van der Waals surface area contributed by atoms with Crippen LogP contribution in [0.15, 0.2) is 53.4 Å². The average Bonchev–Trinajstić information content (AvgIpc) is 3.60. The van der Waals surface area contributed by atoms with Gasteiger partial charge >= 0.3 is 5.97 Å². The van der Waals surface area contributed by atoms with Crippen molar-refractivity contribution in [1.82, 2.24) is 4.90 Å². The van der Waals surface area contributed by atoms with Gasteiger partial charge in [-0.15, -0.1) is 11.8 Å². The number of carbonyl (C=O) groups excluding carboxylic acids is 4. The number of ether oxygens (including phenoxy) is 1. The molecule has 170 valence electrons. The molecule has 1 aliphatic carbocycles. The number of fused-ring (bicyclic) bond motifs is 3. The number of hydrogen-bond acceptors (Lipinski definition) is 6. The molecule has 2 aromatic rings. The molecule has 2 aliphatic heterocycles. The van der Waals surface area contributed by atoms with E-state index in [9.17, 15) is 19.2 Å². The van der Waals surface area contributed by atoms with E-state index in [0.717, 1.165) is 17.7 Å². The van der Waals surface area contributed by atoms with Crippen molar-refractivity contribution in [3.63, 3.8) is 0 Å². The lowest BCUT2D eigenvalue weighted by Gasteiger charge is -2.48. The standard InChI is InChI=1S/C24H23N3O5S/c1-33-17-6-4-5-15(13-17)25-20(28)14-32-23(31)24-12-11-21(29)27(24)19-8-3-2-7-18(19)22(30)26(24)16-9-10-16/h2-8,13,16H,9-12,14H2,1H3,(H,25,28). The second-order valence-electron chi connectivity index (χ2n) is 8.33. The van der Waals surface area contributed by atoms with E-state index < -0.39 is 24.1 Å². The van der Waals surface area contributed by atoms with Gasteiger partial charge in [0.25, 0.3) is 11.8 Å². The van der Waals surface area contributed by atoms with Crippen molar-refractivity contribution in [2.75, 3.05) is 23.1 Å². The molecule has 2 heterocycles. The summed E-state index contributed by atoms with van der Waals surface area (Å²) in [5.41, 5.74) is -0.144. The van der Waals surface area contributed by atoms with Crippen LogP contribution in [0.3, 0.4) is 0 Å². The van der Waals surface area contributed by atoms with E-state index in [-0.39, 0.29) is 30.7 Å². The molecular formula is C24H23N3O5S. The molecule has 1 atom stereocenters. The Bertz CT molecular complexity index is 1160. The first-order valence-corrected chi connectivity index (χ1v) is 12.0. The predicted molar refractivity (Wildman–Crippen MR) is 123 cm³/mol. The highest BCUT2D eigenvalue weighted by Crippen LogP contribution is 2.49. The Hall–Kier alpha value is -3.33. The Morgan fingerprint density at radius 1 is 1.15 bits per heavy atom. The number of carbonyl (C=O) groups is 4. The van der Waals surface area contributed by atoms with Gasteiger partial charge in [0.15, 0.2) is 6.61 Å². The molecule has 8 nitrogen and oxygen atoms in total. The molecule has 0 spiro atoms. The average molecular weight is 466 g/mol. The number of esters is 1. The van der Waals surface area contributed by atoms with Gasteiger partial charge < -0.3 is 15.0 Å². The second-order valence-corrected chi connectivity index (χ2v) is 9.21. The third-order valence-electron chi connectivity index (χ3n) is 6.23. The van der Waals surface area contributed by atoms with Gasteiger partial charge in [-0.25, -0.2) is 4.79 Å². The monoisotopic (exact) mass is 465 g/mol. The van der Waals surface area contributed by atoms with Gasteiger partial charge in [0.05, 0.1) is 11.3 Å². The van der Waals surface area contributed by atoms with Gasteiger partial charge in [0, 0.05) is 29.5 Å². The highest BCUT2D eigenvalue weighted by molar-refractivity contribution is 7.98. The minimum absolute atomic E-state index is 0.119. The minimum Gasteiger partial charge on any atom is -0.452 e. The lowest BCUT2D eigenvalue weighted by Crippen LogP contribution is -2.69. The molecule has 2 fully saturated rings. The normalized spacial score (nSPS) is 21.5. The summed E-state index contributed by atoms with van der Waals surface area (Å²) in [6, 6.07) is 14.0. The zero-order chi connectivity index (χ0) is 23.2. The van der Waals surface area contributed by atoms with E-state index in [4.69, 9.17) is 4.74 Å². The molecule has 2 aromatic carbocycles. The van der Waals surface area contributed by atoms with Crippen molar-refractivity contribution in [2.45, 2.75) is 42.3 Å². The molecule has 33 heavy (non-hydrogen) atoms. The molecule has 1 saturated heterocycles. The van der Waals surface area contributed by atoms with Crippen molar-refractivity contribution in [3.8, 4) is 0 Å². The summed E-state index contributed by atoms with van der Waals surface area (Å²) in [7, 11) is 0. The van der Waals surface area contributed by atoms with Gasteiger partial charge in [0.1, 0.15) is 0 Å². The van der Waals surface area contributed by atoms with Crippen LogP contribution in [-0.2, 0) is 19.1 Å². The van der Waals surface area contributed by atoms with Crippen LogP contribution in [0.1, 0.15) is 36.0 Å². The predicted octanol–water partition coefficient (Wildman–Crippen LogP) is 3.03. The fraction of sp³-hybridized carbons (Fsp3) is 0.333. The Morgan fingerprint density at radius 3 is 2.70 bits per heavy atom. The summed E-state index contributed by atoms with van der Waals surface area (Å²) in [5, 5.41) is 2.72. The van der Waals surface area contributed by atoms with Crippen molar-refractivity contribution >= 4 is 46.8 Å². The molecule has 1 saturated carbocycles. The second kappa shape index (κ2) is 8.22. The Balaban J connectivity index is 1.40. The third kappa shape index (κ3) is 3.56. The fourth-order valence-electron chi connectivity index (χ4n) is 4.66. The SMILES string of the molecule is CSc1cccc(NC(=O)COC(=O)C23CCC(=O)N2c2ccccc2C(=O)N3C2CC2)c1. The fourth-order valence-corrected chi connectivity index (χ4v) is 5.12. The number of nitrogens with one attached hydrogen (secondary N) is 1. The number of para-hydroxylation sites is 1. The topological polar surface area (TPSA) is 96.0 Å². The van der Waals surface area contributed by atoms with Crippen LogP contribution in [0.5, 0.6) is 0 Å². The van der Waals surface area contributed by atoms with Crippen LogP contribution in [0, 0.1) is 0 Å². The summed E-state index contributed by atoms with van der Waals surface area (Å²) in [6.07, 6.45) is 3.71. The van der Waals surface area contributed by atoms with Crippen LogP contribution >= 0.6 is 11.8 Å². The molecule has 5 rings (SSSR count). The van der Waals surface area contributed by atoms with E-state index in [2.05, 4.69) is 5.32 Å². The Morgan fingerprint density at radius 2 is 1.94 bits per heavy atom. The summed E-state index contributed by atoms with van der Waals surface area (Å²) in [4.78, 5) is 56.2. The zero-order valence-corrected chi connectivity index (χ0v) is 18.9. The smallest absolute Gasteiger partial charge is 0.354 e. The van der Waals surface area contributed by atoms with Crippen LogP contribution < -0.4 is 10.2 Å². The lowest BCUT2D eigenvalue weighted by molar-refractivity contribution is -0.159. The summed E-state index contributed by atoms with van der Waals surface area (Å²) >= 11 is 1.55. The minimum atomic E-state index is -1.55. The zero-order valence-electron chi connectivity index (χ0n) is 18.1. The number of amides is 3. The summed E-state index contributed by atoms with van der Waals surface area (Å²) < 4.78 is 5.45. The Kier molecular flexibility index (Phi) is 5.36. The number of nitrogens with zero attached hydrogens (tertiary/aromatic N) is 2. The molecule has 0 radical (unpaired) electrons. The van der Waals surface area contributed by atoms with Crippen LogP contribution in [0.4, 0.5) is 11.4 Å². The molecule has 0 aromatic heterocycles. The van der Waals surface area contributed by atoms with Gasteiger partial charge in [-0.2, -0.15) is 0 Å². The van der Waals surface area contributed by atoms with E-state index in [0.29, 0.717) is 16.9 Å². The molecule has 1 N–H and O–H groups in total.